The Balaban J connectivity index is 1.66. The molecule has 27 heavy (non-hydrogen) atoms. The van der Waals surface area contributed by atoms with Crippen LogP contribution < -0.4 is 5.32 Å². The molecule has 0 aliphatic rings. The topological polar surface area (TPSA) is 68.5 Å². The molecule has 0 bridgehead atoms. The molecule has 0 radical (unpaired) electrons. The molecular weight excluding hydrogens is 374 g/mol. The van der Waals surface area contributed by atoms with Gasteiger partial charge in [0.15, 0.2) is 5.82 Å². The van der Waals surface area contributed by atoms with Gasteiger partial charge in [0.1, 0.15) is 17.3 Å². The zero-order valence-electron chi connectivity index (χ0n) is 14.1. The van der Waals surface area contributed by atoms with E-state index in [1.165, 1.54) is 12.1 Å². The highest BCUT2D eigenvalue weighted by molar-refractivity contribution is 6.30. The molecular formula is C18H13ClF2N6. The zero-order chi connectivity index (χ0) is 19.0. The van der Waals surface area contributed by atoms with E-state index in [0.717, 1.165) is 16.9 Å². The summed E-state index contributed by atoms with van der Waals surface area (Å²) in [5, 5.41) is 11.0. The fraction of sp³-hybridized carbons (Fsp3) is 0.111. The van der Waals surface area contributed by atoms with Gasteiger partial charge in [-0.05, 0) is 49.4 Å². The Bertz CT molecular complexity index is 1110. The SMILES string of the molecule is Cc1ccc(Nc2ccc3c(c2)ncn3-c2ccc(C(F)F)c(Cl)n2)nn1. The number of anilines is 2. The van der Waals surface area contributed by atoms with E-state index < -0.39 is 6.43 Å². The van der Waals surface area contributed by atoms with Gasteiger partial charge < -0.3 is 5.32 Å². The maximum absolute atomic E-state index is 12.8. The summed E-state index contributed by atoms with van der Waals surface area (Å²) < 4.78 is 27.4. The number of fused-ring (bicyclic) bond motifs is 1. The van der Waals surface area contributed by atoms with Crippen LogP contribution in [-0.4, -0.2) is 24.7 Å². The number of aryl methyl sites for hydroxylation is 1. The van der Waals surface area contributed by atoms with E-state index in [-0.39, 0.29) is 10.7 Å². The summed E-state index contributed by atoms with van der Waals surface area (Å²) in [6.45, 7) is 1.86. The summed E-state index contributed by atoms with van der Waals surface area (Å²) in [5.74, 6) is 1.03. The van der Waals surface area contributed by atoms with E-state index in [4.69, 9.17) is 11.6 Å². The van der Waals surface area contributed by atoms with Crippen molar-refractivity contribution < 1.29 is 8.78 Å². The Morgan fingerprint density at radius 1 is 1.07 bits per heavy atom. The van der Waals surface area contributed by atoms with E-state index in [9.17, 15) is 8.78 Å². The van der Waals surface area contributed by atoms with Crippen LogP contribution in [-0.2, 0) is 0 Å². The number of hydrogen-bond donors (Lipinski definition) is 1. The monoisotopic (exact) mass is 386 g/mol. The van der Waals surface area contributed by atoms with E-state index in [0.29, 0.717) is 17.2 Å². The lowest BCUT2D eigenvalue weighted by Gasteiger charge is -2.08. The van der Waals surface area contributed by atoms with Gasteiger partial charge in [0.2, 0.25) is 0 Å². The summed E-state index contributed by atoms with van der Waals surface area (Å²) in [4.78, 5) is 8.41. The summed E-state index contributed by atoms with van der Waals surface area (Å²) in [6, 6.07) is 12.0. The molecule has 3 heterocycles. The third kappa shape index (κ3) is 3.43. The Kier molecular flexibility index (Phi) is 4.41. The van der Waals surface area contributed by atoms with E-state index in [1.54, 1.807) is 10.9 Å². The van der Waals surface area contributed by atoms with Crippen LogP contribution >= 0.6 is 11.6 Å². The van der Waals surface area contributed by atoms with Gasteiger partial charge in [0.25, 0.3) is 6.43 Å². The lowest BCUT2D eigenvalue weighted by Crippen LogP contribution is -1.99. The Labute approximate surface area is 157 Å². The van der Waals surface area contributed by atoms with Gasteiger partial charge in [-0.1, -0.05) is 11.6 Å². The second-order valence-electron chi connectivity index (χ2n) is 5.85. The predicted molar refractivity (Wildman–Crippen MR) is 98.9 cm³/mol. The van der Waals surface area contributed by atoms with Crippen LogP contribution in [0.15, 0.2) is 48.8 Å². The number of rotatable bonds is 4. The Hall–Kier alpha value is -3.13. The molecule has 9 heteroatoms. The van der Waals surface area contributed by atoms with Crippen molar-refractivity contribution in [3.8, 4) is 5.82 Å². The smallest absolute Gasteiger partial charge is 0.266 e. The maximum atomic E-state index is 12.8. The largest absolute Gasteiger partial charge is 0.339 e. The predicted octanol–water partition coefficient (Wildman–Crippen LogP) is 4.85. The lowest BCUT2D eigenvalue weighted by molar-refractivity contribution is 0.151. The van der Waals surface area contributed by atoms with Gasteiger partial charge in [-0.3, -0.25) is 4.57 Å². The number of halogens is 3. The average molecular weight is 387 g/mol. The fourth-order valence-electron chi connectivity index (χ4n) is 2.62. The molecule has 136 valence electrons. The van der Waals surface area contributed by atoms with Crippen molar-refractivity contribution in [2.75, 3.05) is 5.32 Å². The number of hydrogen-bond acceptors (Lipinski definition) is 5. The molecule has 0 aliphatic heterocycles. The summed E-state index contributed by atoms with van der Waals surface area (Å²) in [5.41, 5.74) is 2.80. The molecule has 0 unspecified atom stereocenters. The second-order valence-corrected chi connectivity index (χ2v) is 6.21. The highest BCUT2D eigenvalue weighted by Gasteiger charge is 2.15. The van der Waals surface area contributed by atoms with Gasteiger partial charge >= 0.3 is 0 Å². The number of aromatic nitrogens is 5. The summed E-state index contributed by atoms with van der Waals surface area (Å²) in [6.07, 6.45) is -1.10. The quantitative estimate of drug-likeness (QED) is 0.507. The number of alkyl halides is 2. The number of nitrogens with zero attached hydrogens (tertiary/aromatic N) is 5. The second kappa shape index (κ2) is 6.88. The minimum Gasteiger partial charge on any atom is -0.339 e. The van der Waals surface area contributed by atoms with Gasteiger partial charge in [-0.25, -0.2) is 18.7 Å². The van der Waals surface area contributed by atoms with Crippen LogP contribution in [0.25, 0.3) is 16.9 Å². The van der Waals surface area contributed by atoms with Crippen molar-refractivity contribution in [3.63, 3.8) is 0 Å². The fourth-order valence-corrected chi connectivity index (χ4v) is 2.85. The first-order chi connectivity index (χ1) is 13.0. The van der Waals surface area contributed by atoms with Crippen molar-refractivity contribution in [3.05, 3.63) is 65.2 Å². The van der Waals surface area contributed by atoms with Crippen LogP contribution in [0.1, 0.15) is 17.7 Å². The minimum absolute atomic E-state index is 0.222. The molecule has 0 saturated heterocycles. The highest BCUT2D eigenvalue weighted by atomic mass is 35.5. The first-order valence-corrected chi connectivity index (χ1v) is 8.38. The lowest BCUT2D eigenvalue weighted by atomic mass is 10.2. The zero-order valence-corrected chi connectivity index (χ0v) is 14.8. The van der Waals surface area contributed by atoms with Crippen LogP contribution in [0.4, 0.5) is 20.3 Å². The molecule has 4 aromatic rings. The molecule has 1 aromatic carbocycles. The number of nitrogens with one attached hydrogen (secondary N) is 1. The molecule has 0 spiro atoms. The van der Waals surface area contributed by atoms with Gasteiger partial charge in [-0.2, -0.15) is 5.10 Å². The molecule has 0 aliphatic carbocycles. The highest BCUT2D eigenvalue weighted by Crippen LogP contribution is 2.28. The van der Waals surface area contributed by atoms with Crippen LogP contribution in [0.5, 0.6) is 0 Å². The first-order valence-electron chi connectivity index (χ1n) is 8.01. The molecule has 6 nitrogen and oxygen atoms in total. The van der Waals surface area contributed by atoms with Crippen molar-refractivity contribution in [2.24, 2.45) is 0 Å². The van der Waals surface area contributed by atoms with E-state index in [2.05, 4.69) is 25.5 Å². The number of benzene rings is 1. The normalized spacial score (nSPS) is 11.3. The van der Waals surface area contributed by atoms with E-state index >= 15 is 0 Å². The van der Waals surface area contributed by atoms with Crippen molar-refractivity contribution >= 4 is 34.1 Å². The van der Waals surface area contributed by atoms with Crippen LogP contribution in [0.2, 0.25) is 5.15 Å². The number of pyridine rings is 1. The Morgan fingerprint density at radius 2 is 1.93 bits per heavy atom. The van der Waals surface area contributed by atoms with Crippen LogP contribution in [0, 0.1) is 6.92 Å². The van der Waals surface area contributed by atoms with Gasteiger partial charge in [0.05, 0.1) is 22.3 Å². The third-order valence-corrected chi connectivity index (χ3v) is 4.27. The molecule has 0 saturated carbocycles. The van der Waals surface area contributed by atoms with Crippen molar-refractivity contribution in [1.29, 1.82) is 0 Å². The summed E-state index contributed by atoms with van der Waals surface area (Å²) >= 11 is 5.87. The number of imidazole rings is 1. The minimum atomic E-state index is -2.67. The Morgan fingerprint density at radius 3 is 2.63 bits per heavy atom. The van der Waals surface area contributed by atoms with Gasteiger partial charge in [0, 0.05) is 5.69 Å². The molecule has 0 amide bonds. The summed E-state index contributed by atoms with van der Waals surface area (Å²) in [7, 11) is 0. The van der Waals surface area contributed by atoms with Crippen molar-refractivity contribution in [2.45, 2.75) is 13.3 Å². The third-order valence-electron chi connectivity index (χ3n) is 3.96. The molecule has 0 atom stereocenters. The van der Waals surface area contributed by atoms with Crippen molar-refractivity contribution in [1.82, 2.24) is 24.7 Å². The molecule has 0 fully saturated rings. The standard InChI is InChI=1S/C18H13ClF2N6/c1-10-2-6-15(26-25-10)23-11-3-5-14-13(8-11)22-9-27(14)16-7-4-12(18(20)21)17(19)24-16/h2-9,18H,1H3,(H,23,26). The van der Waals surface area contributed by atoms with E-state index in [1.807, 2.05) is 37.3 Å². The molecule has 3 aromatic heterocycles. The first kappa shape index (κ1) is 17.3. The average Bonchev–Trinajstić information content (AvgIpc) is 3.06. The maximum Gasteiger partial charge on any atom is 0.266 e. The van der Waals surface area contributed by atoms with Crippen LogP contribution in [0.3, 0.4) is 0 Å². The van der Waals surface area contributed by atoms with Gasteiger partial charge in [-0.15, -0.1) is 5.10 Å². The molecule has 4 rings (SSSR count). The molecule has 1 N–H and O–H groups in total.